The Hall–Kier alpha value is 0.0400. The molecular formula is C9H12O2S2. The molecule has 1 heterocycles. The van der Waals surface area contributed by atoms with Gasteiger partial charge in [-0.1, -0.05) is 12.2 Å². The lowest BCUT2D eigenvalue weighted by Crippen LogP contribution is -2.38. The predicted molar refractivity (Wildman–Crippen MR) is 54.1 cm³/mol. The third-order valence-electron chi connectivity index (χ3n) is 3.51. The summed E-state index contributed by atoms with van der Waals surface area (Å²) in [7, 11) is -1.68. The van der Waals surface area contributed by atoms with E-state index in [0.29, 0.717) is 23.3 Å². The van der Waals surface area contributed by atoms with Crippen LogP contribution in [0.5, 0.6) is 0 Å². The summed E-state index contributed by atoms with van der Waals surface area (Å²) in [5.41, 5.74) is 0. The van der Waals surface area contributed by atoms with E-state index in [4.69, 9.17) is 0 Å². The van der Waals surface area contributed by atoms with Gasteiger partial charge in [-0.15, -0.1) is 0 Å². The van der Waals surface area contributed by atoms with Gasteiger partial charge in [0.15, 0.2) is 0 Å². The molecule has 1 spiro atoms. The van der Waals surface area contributed by atoms with E-state index in [1.165, 1.54) is 0 Å². The van der Waals surface area contributed by atoms with E-state index in [2.05, 4.69) is 12.2 Å². The Labute approximate surface area is 82.7 Å². The molecule has 72 valence electrons. The highest BCUT2D eigenvalue weighted by Crippen LogP contribution is 2.53. The van der Waals surface area contributed by atoms with Crippen molar-refractivity contribution in [2.75, 3.05) is 11.5 Å². The van der Waals surface area contributed by atoms with Crippen molar-refractivity contribution >= 4 is 21.6 Å². The fourth-order valence-corrected chi connectivity index (χ4v) is 7.95. The molecule has 1 saturated heterocycles. The number of allylic oxidation sites excluding steroid dienone is 2. The molecule has 1 aliphatic heterocycles. The molecule has 0 aromatic carbocycles. The third kappa shape index (κ3) is 0.885. The van der Waals surface area contributed by atoms with E-state index >= 15 is 0 Å². The standard InChI is InChI=1S/C9H12O2S2/c10-12-3-4-13(11)9(12)6-7-1-2-8(9)5-7/h1-2,7-8H,3-6H2/t7-,8+,9?,12-,13+/m0/s1. The molecule has 4 heteroatoms. The summed E-state index contributed by atoms with van der Waals surface area (Å²) in [4.78, 5) is 0. The lowest BCUT2D eigenvalue weighted by atomic mass is 10.1. The summed E-state index contributed by atoms with van der Waals surface area (Å²) in [6.45, 7) is 0. The van der Waals surface area contributed by atoms with Crippen LogP contribution in [0.15, 0.2) is 12.2 Å². The molecule has 0 aromatic rings. The second kappa shape index (κ2) is 2.54. The van der Waals surface area contributed by atoms with Gasteiger partial charge in [-0.3, -0.25) is 8.42 Å². The van der Waals surface area contributed by atoms with Gasteiger partial charge in [0.05, 0.1) is 0 Å². The largest absolute Gasteiger partial charge is 0.258 e. The van der Waals surface area contributed by atoms with Gasteiger partial charge in [0.1, 0.15) is 4.08 Å². The molecule has 2 fully saturated rings. The van der Waals surface area contributed by atoms with Gasteiger partial charge in [0.2, 0.25) is 0 Å². The molecule has 2 bridgehead atoms. The molecular weight excluding hydrogens is 204 g/mol. The van der Waals surface area contributed by atoms with Crippen molar-refractivity contribution < 1.29 is 8.42 Å². The van der Waals surface area contributed by atoms with Crippen LogP contribution in [0, 0.1) is 11.8 Å². The van der Waals surface area contributed by atoms with E-state index in [9.17, 15) is 8.42 Å². The second-order valence-corrected chi connectivity index (χ2v) is 8.02. The Morgan fingerprint density at radius 2 is 1.85 bits per heavy atom. The van der Waals surface area contributed by atoms with Crippen LogP contribution in [0.1, 0.15) is 12.8 Å². The number of fused-ring (bicyclic) bond motifs is 3. The average Bonchev–Trinajstić information content (AvgIpc) is 2.77. The SMILES string of the molecule is O=[S@@]1CC[S@](=O)C12C[C@H]1C=C[C@@H]2C1. The van der Waals surface area contributed by atoms with Gasteiger partial charge in [-0.2, -0.15) is 0 Å². The topological polar surface area (TPSA) is 34.1 Å². The molecule has 1 unspecified atom stereocenters. The van der Waals surface area contributed by atoms with Crippen LogP contribution in [-0.2, 0) is 21.6 Å². The lowest BCUT2D eigenvalue weighted by Gasteiger charge is -2.27. The van der Waals surface area contributed by atoms with E-state index in [-0.39, 0.29) is 4.08 Å². The Kier molecular flexibility index (Phi) is 1.63. The number of hydrogen-bond acceptors (Lipinski definition) is 2. The van der Waals surface area contributed by atoms with Crippen molar-refractivity contribution in [3.8, 4) is 0 Å². The van der Waals surface area contributed by atoms with Crippen molar-refractivity contribution in [3.63, 3.8) is 0 Å². The van der Waals surface area contributed by atoms with Crippen LogP contribution < -0.4 is 0 Å². The molecule has 0 amide bonds. The van der Waals surface area contributed by atoms with Gasteiger partial charge in [-0.25, -0.2) is 0 Å². The summed E-state index contributed by atoms with van der Waals surface area (Å²) in [6.07, 6.45) is 6.36. The molecule has 0 radical (unpaired) electrons. The maximum absolute atomic E-state index is 11.9. The van der Waals surface area contributed by atoms with Crippen molar-refractivity contribution in [2.24, 2.45) is 11.8 Å². The average molecular weight is 216 g/mol. The zero-order valence-corrected chi connectivity index (χ0v) is 8.90. The van der Waals surface area contributed by atoms with E-state index in [1.807, 2.05) is 0 Å². The Bertz CT molecular complexity index is 319. The molecule has 3 rings (SSSR count). The first-order valence-electron chi connectivity index (χ1n) is 4.69. The van der Waals surface area contributed by atoms with Crippen LogP contribution in [0.4, 0.5) is 0 Å². The van der Waals surface area contributed by atoms with Crippen LogP contribution in [0.3, 0.4) is 0 Å². The summed E-state index contributed by atoms with van der Waals surface area (Å²) >= 11 is 0. The zero-order chi connectivity index (χ0) is 9.05. The first-order chi connectivity index (χ1) is 6.23. The first kappa shape index (κ1) is 8.36. The number of rotatable bonds is 0. The third-order valence-corrected chi connectivity index (χ3v) is 8.51. The molecule has 2 nitrogen and oxygen atoms in total. The Balaban J connectivity index is 2.10. The van der Waals surface area contributed by atoms with Crippen LogP contribution in [-0.4, -0.2) is 24.0 Å². The van der Waals surface area contributed by atoms with Gasteiger partial charge < -0.3 is 0 Å². The van der Waals surface area contributed by atoms with Crippen LogP contribution >= 0.6 is 0 Å². The molecule has 2 aliphatic carbocycles. The van der Waals surface area contributed by atoms with Crippen LogP contribution in [0.2, 0.25) is 0 Å². The molecule has 1 saturated carbocycles. The summed E-state index contributed by atoms with van der Waals surface area (Å²) in [6, 6.07) is 0. The van der Waals surface area contributed by atoms with Crippen LogP contribution in [0.25, 0.3) is 0 Å². The van der Waals surface area contributed by atoms with E-state index in [1.54, 1.807) is 0 Å². The molecule has 13 heavy (non-hydrogen) atoms. The zero-order valence-electron chi connectivity index (χ0n) is 7.27. The Morgan fingerprint density at radius 1 is 1.15 bits per heavy atom. The highest BCUT2D eigenvalue weighted by atomic mass is 32.3. The molecule has 3 aliphatic rings. The fraction of sp³-hybridized carbons (Fsp3) is 0.778. The minimum absolute atomic E-state index is 0.320. The lowest BCUT2D eigenvalue weighted by molar-refractivity contribution is 0.596. The van der Waals surface area contributed by atoms with Crippen molar-refractivity contribution in [3.05, 3.63) is 12.2 Å². The normalized spacial score (nSPS) is 58.2. The molecule has 0 N–H and O–H groups in total. The van der Waals surface area contributed by atoms with E-state index in [0.717, 1.165) is 12.8 Å². The van der Waals surface area contributed by atoms with Gasteiger partial charge >= 0.3 is 0 Å². The van der Waals surface area contributed by atoms with Gasteiger partial charge in [0.25, 0.3) is 0 Å². The predicted octanol–water partition coefficient (Wildman–Crippen LogP) is 0.790. The second-order valence-electron chi connectivity index (χ2n) is 4.10. The minimum atomic E-state index is -0.838. The molecule has 0 aromatic heterocycles. The minimum Gasteiger partial charge on any atom is -0.258 e. The highest BCUT2D eigenvalue weighted by molar-refractivity contribution is 8.07. The maximum Gasteiger partial charge on any atom is 0.127 e. The summed E-state index contributed by atoms with van der Waals surface area (Å²) in [5, 5.41) is 0. The maximum atomic E-state index is 11.9. The van der Waals surface area contributed by atoms with Crippen molar-refractivity contribution in [1.82, 2.24) is 0 Å². The quantitative estimate of drug-likeness (QED) is 0.561. The summed E-state index contributed by atoms with van der Waals surface area (Å²) < 4.78 is 23.4. The summed E-state index contributed by atoms with van der Waals surface area (Å²) in [5.74, 6) is 2.23. The monoisotopic (exact) mass is 216 g/mol. The highest BCUT2D eigenvalue weighted by Gasteiger charge is 2.59. The molecule has 5 atom stereocenters. The van der Waals surface area contributed by atoms with Gasteiger partial charge in [-0.05, 0) is 18.8 Å². The fourth-order valence-electron chi connectivity index (χ4n) is 2.89. The smallest absolute Gasteiger partial charge is 0.127 e. The van der Waals surface area contributed by atoms with Crippen molar-refractivity contribution in [2.45, 2.75) is 16.9 Å². The Morgan fingerprint density at radius 3 is 2.31 bits per heavy atom. The van der Waals surface area contributed by atoms with Gasteiger partial charge in [0, 0.05) is 39.0 Å². The first-order valence-corrected chi connectivity index (χ1v) is 7.32. The van der Waals surface area contributed by atoms with Crippen molar-refractivity contribution in [1.29, 1.82) is 0 Å². The number of hydrogen-bond donors (Lipinski definition) is 0. The van der Waals surface area contributed by atoms with E-state index < -0.39 is 21.6 Å².